The van der Waals surface area contributed by atoms with E-state index < -0.39 is 0 Å². The molecule has 0 bridgehead atoms. The molecule has 5 nitrogen and oxygen atoms in total. The highest BCUT2D eigenvalue weighted by atomic mass is 32.1. The number of nitrogens with one attached hydrogen (secondary N) is 2. The Hall–Kier alpha value is -1.24. The van der Waals surface area contributed by atoms with E-state index in [-0.39, 0.29) is 0 Å². The lowest BCUT2D eigenvalue weighted by Gasteiger charge is -2.23. The first-order valence-electron chi connectivity index (χ1n) is 9.21. The van der Waals surface area contributed by atoms with E-state index in [2.05, 4.69) is 22.2 Å². The highest BCUT2D eigenvalue weighted by Crippen LogP contribution is 2.39. The van der Waals surface area contributed by atoms with Crippen LogP contribution >= 0.6 is 11.3 Å². The molecule has 0 radical (unpaired) electrons. The second kappa shape index (κ2) is 7.33. The van der Waals surface area contributed by atoms with Crippen molar-refractivity contribution < 1.29 is 9.64 Å². The van der Waals surface area contributed by atoms with Crippen LogP contribution in [0.25, 0.3) is 10.2 Å². The zero-order chi connectivity index (χ0) is 16.4. The first-order valence-corrected chi connectivity index (χ1v) is 10.0. The van der Waals surface area contributed by atoms with Crippen molar-refractivity contribution in [2.45, 2.75) is 32.6 Å². The summed E-state index contributed by atoms with van der Waals surface area (Å²) >= 11 is 1.87. The lowest BCUT2D eigenvalue weighted by molar-refractivity contribution is -0.908. The highest BCUT2D eigenvalue weighted by molar-refractivity contribution is 7.19. The summed E-state index contributed by atoms with van der Waals surface area (Å²) in [6, 6.07) is 0. The Balaban J connectivity index is 1.43. The SMILES string of the molecule is C[C@H]1CCc2sc3ncnc(NCCC[NH+]4CCOCC4)c3c2C1. The van der Waals surface area contributed by atoms with Crippen LogP contribution in [0.15, 0.2) is 6.33 Å². The van der Waals surface area contributed by atoms with Gasteiger partial charge in [-0.05, 0) is 30.7 Å². The number of morpholine rings is 1. The lowest BCUT2D eigenvalue weighted by atomic mass is 9.88. The van der Waals surface area contributed by atoms with Crippen molar-refractivity contribution in [2.24, 2.45) is 5.92 Å². The van der Waals surface area contributed by atoms with E-state index in [9.17, 15) is 0 Å². The number of ether oxygens (including phenoxy) is 1. The zero-order valence-corrected chi connectivity index (χ0v) is 15.3. The van der Waals surface area contributed by atoms with Gasteiger partial charge in [0.25, 0.3) is 0 Å². The molecular weight excluding hydrogens is 320 g/mol. The van der Waals surface area contributed by atoms with E-state index >= 15 is 0 Å². The van der Waals surface area contributed by atoms with Gasteiger partial charge in [-0.15, -0.1) is 11.3 Å². The van der Waals surface area contributed by atoms with Crippen LogP contribution in [-0.2, 0) is 17.6 Å². The Kier molecular flexibility index (Phi) is 4.96. The van der Waals surface area contributed by atoms with Gasteiger partial charge in [0.1, 0.15) is 30.1 Å². The molecule has 1 fully saturated rings. The average molecular weight is 348 g/mol. The largest absolute Gasteiger partial charge is 0.370 e. The number of rotatable bonds is 5. The fraction of sp³-hybridized carbons (Fsp3) is 0.667. The predicted octanol–water partition coefficient (Wildman–Crippen LogP) is 1.53. The Morgan fingerprint density at radius 3 is 3.08 bits per heavy atom. The van der Waals surface area contributed by atoms with Gasteiger partial charge < -0.3 is 15.0 Å². The number of hydrogen-bond acceptors (Lipinski definition) is 5. The molecule has 2 aliphatic rings. The maximum atomic E-state index is 5.42. The van der Waals surface area contributed by atoms with Gasteiger partial charge in [-0.25, -0.2) is 9.97 Å². The fourth-order valence-corrected chi connectivity index (χ4v) is 5.06. The van der Waals surface area contributed by atoms with Crippen molar-refractivity contribution in [3.05, 3.63) is 16.8 Å². The van der Waals surface area contributed by atoms with Crippen LogP contribution in [-0.4, -0.2) is 49.4 Å². The number of quaternary nitrogens is 1. The fourth-order valence-electron chi connectivity index (χ4n) is 3.87. The Morgan fingerprint density at radius 2 is 2.21 bits per heavy atom. The van der Waals surface area contributed by atoms with E-state index in [4.69, 9.17) is 4.74 Å². The molecule has 0 amide bonds. The van der Waals surface area contributed by atoms with Gasteiger partial charge in [0.2, 0.25) is 0 Å². The highest BCUT2D eigenvalue weighted by Gasteiger charge is 2.23. The molecule has 4 rings (SSSR count). The molecule has 2 aromatic rings. The van der Waals surface area contributed by atoms with Gasteiger partial charge in [0.15, 0.2) is 0 Å². The van der Waals surface area contributed by atoms with E-state index in [1.807, 2.05) is 11.3 Å². The molecule has 3 heterocycles. The zero-order valence-electron chi connectivity index (χ0n) is 14.4. The second-order valence-corrected chi connectivity index (χ2v) is 8.23. The molecule has 1 atom stereocenters. The van der Waals surface area contributed by atoms with Gasteiger partial charge >= 0.3 is 0 Å². The molecule has 6 heteroatoms. The summed E-state index contributed by atoms with van der Waals surface area (Å²) < 4.78 is 5.42. The summed E-state index contributed by atoms with van der Waals surface area (Å²) in [5.41, 5.74) is 1.51. The quantitative estimate of drug-likeness (QED) is 0.806. The number of aromatic nitrogens is 2. The maximum absolute atomic E-state index is 5.42. The Bertz CT molecular complexity index is 696. The molecule has 0 aromatic carbocycles. The van der Waals surface area contributed by atoms with Crippen molar-refractivity contribution in [3.8, 4) is 0 Å². The van der Waals surface area contributed by atoms with E-state index in [1.165, 1.54) is 48.1 Å². The van der Waals surface area contributed by atoms with E-state index in [0.29, 0.717) is 0 Å². The number of hydrogen-bond donors (Lipinski definition) is 2. The van der Waals surface area contributed by atoms with Gasteiger partial charge in [0, 0.05) is 17.8 Å². The maximum Gasteiger partial charge on any atom is 0.138 e. The molecule has 0 spiro atoms. The summed E-state index contributed by atoms with van der Waals surface area (Å²) in [6.07, 6.45) is 6.57. The third-order valence-electron chi connectivity index (χ3n) is 5.29. The minimum absolute atomic E-state index is 0.772. The van der Waals surface area contributed by atoms with Crippen LogP contribution in [0, 0.1) is 5.92 Å². The summed E-state index contributed by atoms with van der Waals surface area (Å²) in [7, 11) is 0. The Morgan fingerprint density at radius 1 is 1.33 bits per heavy atom. The molecule has 1 aliphatic heterocycles. The molecule has 2 N–H and O–H groups in total. The van der Waals surface area contributed by atoms with Gasteiger partial charge in [-0.2, -0.15) is 0 Å². The van der Waals surface area contributed by atoms with Crippen LogP contribution in [0.5, 0.6) is 0 Å². The number of fused-ring (bicyclic) bond motifs is 3. The lowest BCUT2D eigenvalue weighted by Crippen LogP contribution is -3.14. The van der Waals surface area contributed by atoms with Crippen molar-refractivity contribution >= 4 is 27.4 Å². The van der Waals surface area contributed by atoms with Gasteiger partial charge in [-0.1, -0.05) is 6.92 Å². The van der Waals surface area contributed by atoms with Crippen molar-refractivity contribution in [2.75, 3.05) is 44.7 Å². The summed E-state index contributed by atoms with van der Waals surface area (Å²) in [5, 5.41) is 4.88. The standard InChI is InChI=1S/C18H26N4OS/c1-13-3-4-15-14(11-13)16-17(20-12-21-18(16)24-15)19-5-2-6-22-7-9-23-10-8-22/h12-13H,2-11H2,1H3,(H,19,20,21)/p+1/t13-/m0/s1. The summed E-state index contributed by atoms with van der Waals surface area (Å²) in [5.74, 6) is 1.82. The number of nitrogens with zero attached hydrogens (tertiary/aromatic N) is 2. The minimum atomic E-state index is 0.772. The molecule has 24 heavy (non-hydrogen) atoms. The summed E-state index contributed by atoms with van der Waals surface area (Å²) in [6.45, 7) is 8.67. The number of aryl methyl sites for hydroxylation is 1. The van der Waals surface area contributed by atoms with Crippen molar-refractivity contribution in [1.29, 1.82) is 0 Å². The Labute approximate surface area is 147 Å². The second-order valence-electron chi connectivity index (χ2n) is 7.15. The smallest absolute Gasteiger partial charge is 0.138 e. The first-order chi connectivity index (χ1) is 11.8. The minimum Gasteiger partial charge on any atom is -0.370 e. The van der Waals surface area contributed by atoms with E-state index in [1.54, 1.807) is 11.2 Å². The van der Waals surface area contributed by atoms with Crippen LogP contribution in [0.2, 0.25) is 0 Å². The number of anilines is 1. The first kappa shape index (κ1) is 16.2. The van der Waals surface area contributed by atoms with Crippen molar-refractivity contribution in [3.63, 3.8) is 0 Å². The molecule has 130 valence electrons. The topological polar surface area (TPSA) is 51.5 Å². The monoisotopic (exact) mass is 347 g/mol. The normalized spacial score (nSPS) is 21.8. The van der Waals surface area contributed by atoms with Crippen LogP contribution in [0.1, 0.15) is 30.2 Å². The molecule has 2 aromatic heterocycles. The molecule has 1 saturated heterocycles. The molecule has 0 saturated carbocycles. The molecule has 1 aliphatic carbocycles. The van der Waals surface area contributed by atoms with Crippen molar-refractivity contribution in [1.82, 2.24) is 9.97 Å². The van der Waals surface area contributed by atoms with Crippen LogP contribution < -0.4 is 10.2 Å². The predicted molar refractivity (Wildman–Crippen MR) is 98.1 cm³/mol. The third kappa shape index (κ3) is 3.41. The average Bonchev–Trinajstić information content (AvgIpc) is 2.98. The number of thiophene rings is 1. The molecular formula is C18H27N4OS+. The van der Waals surface area contributed by atoms with Crippen LogP contribution in [0.3, 0.4) is 0 Å². The van der Waals surface area contributed by atoms with Crippen LogP contribution in [0.4, 0.5) is 5.82 Å². The summed E-state index contributed by atoms with van der Waals surface area (Å²) in [4.78, 5) is 13.4. The van der Waals surface area contributed by atoms with E-state index in [0.717, 1.165) is 49.4 Å². The van der Waals surface area contributed by atoms with Gasteiger partial charge in [0.05, 0.1) is 25.1 Å². The van der Waals surface area contributed by atoms with Gasteiger partial charge in [-0.3, -0.25) is 0 Å². The third-order valence-corrected chi connectivity index (χ3v) is 6.49. The molecule has 0 unspecified atom stereocenters.